The number of benzene rings is 2. The normalized spacial score (nSPS) is 10.9. The second-order valence-corrected chi connectivity index (χ2v) is 8.52. The van der Waals surface area contributed by atoms with Gasteiger partial charge in [0.15, 0.2) is 11.5 Å². The molecule has 170 valence electrons. The third-order valence-electron chi connectivity index (χ3n) is 5.42. The van der Waals surface area contributed by atoms with E-state index in [1.165, 1.54) is 22.2 Å². The first kappa shape index (κ1) is 22.5. The van der Waals surface area contributed by atoms with E-state index in [2.05, 4.69) is 4.98 Å². The Balaban J connectivity index is 1.55. The van der Waals surface area contributed by atoms with Crippen LogP contribution >= 0.6 is 11.3 Å². The van der Waals surface area contributed by atoms with Gasteiger partial charge >= 0.3 is 0 Å². The summed E-state index contributed by atoms with van der Waals surface area (Å²) in [7, 11) is 3.16. The number of nitrogens with zero attached hydrogens (tertiary/aromatic N) is 3. The van der Waals surface area contributed by atoms with Crippen molar-refractivity contribution in [1.82, 2.24) is 14.5 Å². The number of amides is 1. The molecule has 33 heavy (non-hydrogen) atoms. The molecule has 0 unspecified atom stereocenters. The van der Waals surface area contributed by atoms with Crippen molar-refractivity contribution in [2.75, 3.05) is 20.8 Å². The molecule has 0 radical (unpaired) electrons. The number of thiophene rings is 1. The highest BCUT2D eigenvalue weighted by Gasteiger charge is 2.17. The van der Waals surface area contributed by atoms with E-state index in [0.717, 1.165) is 16.0 Å². The zero-order chi connectivity index (χ0) is 23.4. The molecule has 0 atom stereocenters. The number of hydrogen-bond acceptors (Lipinski definition) is 6. The Bertz CT molecular complexity index is 1330. The van der Waals surface area contributed by atoms with Gasteiger partial charge in [0, 0.05) is 18.0 Å². The monoisotopic (exact) mass is 463 g/mol. The van der Waals surface area contributed by atoms with Crippen LogP contribution in [-0.2, 0) is 17.9 Å². The van der Waals surface area contributed by atoms with Crippen molar-refractivity contribution < 1.29 is 14.3 Å². The van der Waals surface area contributed by atoms with E-state index in [-0.39, 0.29) is 18.0 Å². The van der Waals surface area contributed by atoms with Gasteiger partial charge < -0.3 is 14.4 Å². The smallest absolute Gasteiger partial charge is 0.271 e. The van der Waals surface area contributed by atoms with Gasteiger partial charge in [-0.05, 0) is 36.2 Å². The summed E-state index contributed by atoms with van der Waals surface area (Å²) in [6.45, 7) is 2.75. The summed E-state index contributed by atoms with van der Waals surface area (Å²) in [5, 5.41) is 0. The number of carbonyl (C=O) groups excluding carboxylic acids is 1. The Labute approximate surface area is 195 Å². The van der Waals surface area contributed by atoms with Crippen molar-refractivity contribution in [2.45, 2.75) is 20.0 Å². The fourth-order valence-electron chi connectivity index (χ4n) is 3.62. The summed E-state index contributed by atoms with van der Waals surface area (Å²) in [4.78, 5) is 33.2. The second-order valence-electron chi connectivity index (χ2n) is 7.47. The van der Waals surface area contributed by atoms with E-state index in [1.807, 2.05) is 61.5 Å². The zero-order valence-corrected chi connectivity index (χ0v) is 19.6. The first-order valence-electron chi connectivity index (χ1n) is 10.6. The van der Waals surface area contributed by atoms with Crippen molar-refractivity contribution >= 4 is 27.5 Å². The molecule has 1 amide bonds. The third-order valence-corrected chi connectivity index (χ3v) is 6.58. The molecule has 0 saturated carbocycles. The maximum atomic E-state index is 13.1. The minimum absolute atomic E-state index is 0.0680. The molecule has 0 fully saturated rings. The summed E-state index contributed by atoms with van der Waals surface area (Å²) in [5.41, 5.74) is 2.39. The molecule has 2 aromatic carbocycles. The Morgan fingerprint density at radius 1 is 1.06 bits per heavy atom. The lowest BCUT2D eigenvalue weighted by atomic mass is 10.2. The van der Waals surface area contributed by atoms with E-state index in [0.29, 0.717) is 34.8 Å². The van der Waals surface area contributed by atoms with E-state index in [1.54, 1.807) is 19.1 Å². The van der Waals surface area contributed by atoms with Crippen LogP contribution in [0.15, 0.2) is 65.7 Å². The zero-order valence-electron chi connectivity index (χ0n) is 18.8. The molecule has 0 aliphatic heterocycles. The van der Waals surface area contributed by atoms with E-state index in [4.69, 9.17) is 9.47 Å². The second kappa shape index (κ2) is 9.87. The van der Waals surface area contributed by atoms with Gasteiger partial charge in [-0.3, -0.25) is 14.2 Å². The maximum absolute atomic E-state index is 13.1. The number of carbonyl (C=O) groups is 1. The minimum atomic E-state index is -0.206. The van der Waals surface area contributed by atoms with Crippen LogP contribution in [0.5, 0.6) is 11.5 Å². The number of ether oxygens (including phenoxy) is 2. The Morgan fingerprint density at radius 2 is 1.82 bits per heavy atom. The molecule has 2 aromatic heterocycles. The lowest BCUT2D eigenvalue weighted by molar-refractivity contribution is -0.132. The highest BCUT2D eigenvalue weighted by molar-refractivity contribution is 7.22. The van der Waals surface area contributed by atoms with Gasteiger partial charge in [-0.2, -0.15) is 0 Å². The molecule has 0 aliphatic rings. The van der Waals surface area contributed by atoms with Crippen molar-refractivity contribution in [3.05, 3.63) is 76.8 Å². The summed E-state index contributed by atoms with van der Waals surface area (Å²) in [5.74, 6) is 1.08. The van der Waals surface area contributed by atoms with Crippen molar-refractivity contribution in [3.63, 3.8) is 0 Å². The maximum Gasteiger partial charge on any atom is 0.271 e. The molecule has 8 heteroatoms. The largest absolute Gasteiger partial charge is 0.493 e. The van der Waals surface area contributed by atoms with E-state index in [9.17, 15) is 9.59 Å². The van der Waals surface area contributed by atoms with Gasteiger partial charge in [-0.1, -0.05) is 36.4 Å². The Morgan fingerprint density at radius 3 is 2.52 bits per heavy atom. The van der Waals surface area contributed by atoms with Gasteiger partial charge in [0.2, 0.25) is 5.91 Å². The molecule has 0 N–H and O–H groups in total. The average Bonchev–Trinajstić information content (AvgIpc) is 3.30. The predicted octanol–water partition coefficient (Wildman–Crippen LogP) is 4.19. The molecule has 7 nitrogen and oxygen atoms in total. The van der Waals surface area contributed by atoms with Gasteiger partial charge in [-0.25, -0.2) is 4.98 Å². The summed E-state index contributed by atoms with van der Waals surface area (Å²) < 4.78 is 12.6. The molecule has 4 rings (SSSR count). The van der Waals surface area contributed by atoms with Crippen LogP contribution < -0.4 is 15.0 Å². The Kier molecular flexibility index (Phi) is 6.74. The number of methoxy groups -OCH3 is 2. The molecule has 2 heterocycles. The molecule has 0 spiro atoms. The number of fused-ring (bicyclic) bond motifs is 1. The van der Waals surface area contributed by atoms with Crippen molar-refractivity contribution in [3.8, 4) is 21.9 Å². The number of likely N-dealkylation sites (N-methyl/N-ethyl adjacent to an activating group) is 1. The quantitative estimate of drug-likeness (QED) is 0.392. The van der Waals surface area contributed by atoms with Gasteiger partial charge in [-0.15, -0.1) is 11.3 Å². The van der Waals surface area contributed by atoms with Crippen molar-refractivity contribution in [2.24, 2.45) is 0 Å². The van der Waals surface area contributed by atoms with Gasteiger partial charge in [0.1, 0.15) is 11.2 Å². The average molecular weight is 464 g/mol. The first-order valence-corrected chi connectivity index (χ1v) is 11.4. The third kappa shape index (κ3) is 4.75. The van der Waals surface area contributed by atoms with Crippen LogP contribution in [0.1, 0.15) is 12.5 Å². The minimum Gasteiger partial charge on any atom is -0.493 e. The summed E-state index contributed by atoms with van der Waals surface area (Å²) in [6.07, 6.45) is 1.45. The fraction of sp³-hybridized carbons (Fsp3) is 0.240. The standard InChI is InChI=1S/C25H25N3O4S/c1-4-27(14-17-10-11-20(31-2)21(12-17)32-3)23(29)15-28-16-26-19-13-22(33-24(19)25(28)30)18-8-6-5-7-9-18/h5-13,16H,4,14-15H2,1-3H3. The molecule has 0 saturated heterocycles. The van der Waals surface area contributed by atoms with Crippen LogP contribution in [-0.4, -0.2) is 41.1 Å². The van der Waals surface area contributed by atoms with Crippen LogP contribution in [0.25, 0.3) is 20.7 Å². The number of hydrogen-bond donors (Lipinski definition) is 0. The van der Waals surface area contributed by atoms with Crippen LogP contribution in [0.3, 0.4) is 0 Å². The van der Waals surface area contributed by atoms with Gasteiger partial charge in [0.25, 0.3) is 5.56 Å². The lowest BCUT2D eigenvalue weighted by Crippen LogP contribution is -2.36. The summed E-state index contributed by atoms with van der Waals surface area (Å²) >= 11 is 1.40. The Hall–Kier alpha value is -3.65. The highest BCUT2D eigenvalue weighted by Crippen LogP contribution is 2.30. The van der Waals surface area contributed by atoms with E-state index >= 15 is 0 Å². The molecular weight excluding hydrogens is 438 g/mol. The van der Waals surface area contributed by atoms with Crippen molar-refractivity contribution in [1.29, 1.82) is 0 Å². The number of rotatable bonds is 8. The first-order chi connectivity index (χ1) is 16.0. The molecular formula is C25H25N3O4S. The van der Waals surface area contributed by atoms with E-state index < -0.39 is 0 Å². The SMILES string of the molecule is CCN(Cc1ccc(OC)c(OC)c1)C(=O)Cn1cnc2cc(-c3ccccc3)sc2c1=O. The highest BCUT2D eigenvalue weighted by atomic mass is 32.1. The molecule has 0 bridgehead atoms. The van der Waals surface area contributed by atoms with Crippen LogP contribution in [0.4, 0.5) is 0 Å². The molecule has 0 aliphatic carbocycles. The van der Waals surface area contributed by atoms with Gasteiger partial charge in [0.05, 0.1) is 26.1 Å². The predicted molar refractivity (Wildman–Crippen MR) is 130 cm³/mol. The summed E-state index contributed by atoms with van der Waals surface area (Å²) in [6, 6.07) is 17.4. The molecule has 4 aromatic rings. The topological polar surface area (TPSA) is 73.7 Å². The van der Waals surface area contributed by atoms with Crippen LogP contribution in [0, 0.1) is 0 Å². The lowest BCUT2D eigenvalue weighted by Gasteiger charge is -2.22. The fourth-order valence-corrected chi connectivity index (χ4v) is 4.69. The van der Waals surface area contributed by atoms with Crippen LogP contribution in [0.2, 0.25) is 0 Å². The number of aromatic nitrogens is 2.